The molecule has 3 N–H and O–H groups in total. The standard InChI is InChI=1S/C13H19O6PS/c1-3-13(2,10(12(16)17)4-5-11(14)15)20(18,19)9-6-7-21-8-9/h6-8,10H,3-5H2,1-2H3,(H,14,15)(H,16,17)(H,18,19). The summed E-state index contributed by atoms with van der Waals surface area (Å²) in [5.74, 6) is -3.57. The van der Waals surface area contributed by atoms with Crippen molar-refractivity contribution in [2.24, 2.45) is 5.92 Å². The average molecular weight is 334 g/mol. The minimum absolute atomic E-state index is 0.160. The van der Waals surface area contributed by atoms with E-state index in [1.165, 1.54) is 29.7 Å². The molecule has 1 rings (SSSR count). The van der Waals surface area contributed by atoms with Crippen LogP contribution < -0.4 is 5.30 Å². The topological polar surface area (TPSA) is 112 Å². The first-order valence-corrected chi connectivity index (χ1v) is 9.07. The van der Waals surface area contributed by atoms with Crippen LogP contribution in [0.15, 0.2) is 16.8 Å². The second-order valence-corrected chi connectivity index (χ2v) is 8.56. The zero-order valence-corrected chi connectivity index (χ0v) is 13.6. The number of thiophene rings is 1. The summed E-state index contributed by atoms with van der Waals surface area (Å²) in [7, 11) is -3.95. The first-order valence-electron chi connectivity index (χ1n) is 6.47. The Morgan fingerprint density at radius 2 is 2.05 bits per heavy atom. The van der Waals surface area contributed by atoms with Crippen molar-refractivity contribution in [1.29, 1.82) is 0 Å². The summed E-state index contributed by atoms with van der Waals surface area (Å²) in [5.41, 5.74) is 0. The number of carboxylic acid groups (broad SMARTS) is 2. The van der Waals surface area contributed by atoms with Crippen molar-refractivity contribution in [3.8, 4) is 0 Å². The number of carboxylic acids is 2. The summed E-state index contributed by atoms with van der Waals surface area (Å²) < 4.78 is 12.9. The Kier molecular flexibility index (Phi) is 5.73. The van der Waals surface area contributed by atoms with Crippen LogP contribution in [-0.4, -0.2) is 32.2 Å². The SMILES string of the molecule is CCC(C)(C(CCC(=O)O)C(=O)O)P(=O)(O)c1ccsc1. The van der Waals surface area contributed by atoms with E-state index >= 15 is 0 Å². The van der Waals surface area contributed by atoms with Gasteiger partial charge in [0.1, 0.15) is 0 Å². The van der Waals surface area contributed by atoms with Gasteiger partial charge in [-0.15, -0.1) is 0 Å². The molecule has 0 spiro atoms. The molecule has 1 aromatic rings. The Morgan fingerprint density at radius 1 is 1.43 bits per heavy atom. The second kappa shape index (κ2) is 6.73. The van der Waals surface area contributed by atoms with E-state index in [-0.39, 0.29) is 24.6 Å². The Morgan fingerprint density at radius 3 is 2.43 bits per heavy atom. The van der Waals surface area contributed by atoms with Gasteiger partial charge in [-0.3, -0.25) is 14.2 Å². The number of carbonyl (C=O) groups is 2. The van der Waals surface area contributed by atoms with Crippen LogP contribution in [0, 0.1) is 5.92 Å². The van der Waals surface area contributed by atoms with E-state index in [2.05, 4.69) is 0 Å². The fourth-order valence-electron chi connectivity index (χ4n) is 2.36. The Labute approximate surface area is 126 Å². The van der Waals surface area contributed by atoms with Crippen molar-refractivity contribution < 1.29 is 29.3 Å². The molecule has 0 aromatic carbocycles. The van der Waals surface area contributed by atoms with Crippen molar-refractivity contribution in [3.05, 3.63) is 16.8 Å². The quantitative estimate of drug-likeness (QED) is 0.629. The highest BCUT2D eigenvalue weighted by Crippen LogP contribution is 2.59. The molecular weight excluding hydrogens is 315 g/mol. The second-order valence-electron chi connectivity index (χ2n) is 5.09. The maximum absolute atomic E-state index is 12.9. The predicted molar refractivity (Wildman–Crippen MR) is 80.5 cm³/mol. The van der Waals surface area contributed by atoms with Crippen molar-refractivity contribution in [3.63, 3.8) is 0 Å². The lowest BCUT2D eigenvalue weighted by Crippen LogP contribution is -2.41. The van der Waals surface area contributed by atoms with E-state index in [1.807, 2.05) is 0 Å². The van der Waals surface area contributed by atoms with Gasteiger partial charge in [-0.2, -0.15) is 11.3 Å². The Balaban J connectivity index is 3.24. The van der Waals surface area contributed by atoms with E-state index in [0.29, 0.717) is 0 Å². The molecule has 0 aliphatic rings. The molecule has 0 aliphatic heterocycles. The van der Waals surface area contributed by atoms with E-state index in [4.69, 9.17) is 5.11 Å². The first kappa shape index (κ1) is 17.9. The Hall–Kier alpha value is -1.17. The summed E-state index contributed by atoms with van der Waals surface area (Å²) in [4.78, 5) is 32.7. The highest BCUT2D eigenvalue weighted by atomic mass is 32.1. The van der Waals surface area contributed by atoms with Crippen LogP contribution in [0.5, 0.6) is 0 Å². The van der Waals surface area contributed by atoms with E-state index in [9.17, 15) is 24.2 Å². The van der Waals surface area contributed by atoms with Gasteiger partial charge >= 0.3 is 11.9 Å². The zero-order valence-electron chi connectivity index (χ0n) is 11.9. The molecule has 8 heteroatoms. The smallest absolute Gasteiger partial charge is 0.307 e. The summed E-state index contributed by atoms with van der Waals surface area (Å²) in [6.45, 7) is 3.10. The third-order valence-corrected chi connectivity index (χ3v) is 7.81. The molecule has 21 heavy (non-hydrogen) atoms. The maximum Gasteiger partial charge on any atom is 0.307 e. The van der Waals surface area contributed by atoms with Gasteiger partial charge in [0.25, 0.3) is 0 Å². The zero-order chi connectivity index (χ0) is 16.3. The Bertz CT molecular complexity index is 555. The molecule has 1 heterocycles. The largest absolute Gasteiger partial charge is 0.481 e. The molecule has 0 aliphatic carbocycles. The van der Waals surface area contributed by atoms with Gasteiger partial charge in [-0.05, 0) is 31.2 Å². The molecule has 0 bridgehead atoms. The monoisotopic (exact) mass is 334 g/mol. The summed E-state index contributed by atoms with van der Waals surface area (Å²) >= 11 is 1.26. The normalized spacial score (nSPS) is 18.4. The van der Waals surface area contributed by atoms with Gasteiger partial charge < -0.3 is 15.1 Å². The van der Waals surface area contributed by atoms with Gasteiger partial charge in [0.05, 0.1) is 11.1 Å². The van der Waals surface area contributed by atoms with Gasteiger partial charge in [0.2, 0.25) is 7.37 Å². The van der Waals surface area contributed by atoms with Crippen LogP contribution in [0.3, 0.4) is 0 Å². The number of hydrogen-bond donors (Lipinski definition) is 3. The molecular formula is C13H19O6PS. The van der Waals surface area contributed by atoms with Gasteiger partial charge in [0.15, 0.2) is 0 Å². The van der Waals surface area contributed by atoms with Gasteiger partial charge in [-0.1, -0.05) is 6.92 Å². The third kappa shape index (κ3) is 3.54. The van der Waals surface area contributed by atoms with Crippen LogP contribution in [0.2, 0.25) is 0 Å². The van der Waals surface area contributed by atoms with E-state index in [1.54, 1.807) is 12.3 Å². The number of hydrogen-bond acceptors (Lipinski definition) is 4. The minimum atomic E-state index is -3.95. The van der Waals surface area contributed by atoms with Crippen LogP contribution >= 0.6 is 18.7 Å². The van der Waals surface area contributed by atoms with Crippen LogP contribution in [0.4, 0.5) is 0 Å². The van der Waals surface area contributed by atoms with Crippen LogP contribution in [-0.2, 0) is 14.2 Å². The van der Waals surface area contributed by atoms with Crippen LogP contribution in [0.25, 0.3) is 0 Å². The molecule has 0 saturated heterocycles. The fourth-order valence-corrected chi connectivity index (χ4v) is 5.70. The van der Waals surface area contributed by atoms with Crippen LogP contribution in [0.1, 0.15) is 33.1 Å². The summed E-state index contributed by atoms with van der Waals surface area (Å²) in [5, 5.41) is 20.1. The predicted octanol–water partition coefficient (Wildman–Crippen LogP) is 2.38. The summed E-state index contributed by atoms with van der Waals surface area (Å²) in [6, 6.07) is 1.51. The molecule has 6 nitrogen and oxygen atoms in total. The molecule has 1 aromatic heterocycles. The maximum atomic E-state index is 12.9. The molecule has 0 saturated carbocycles. The minimum Gasteiger partial charge on any atom is -0.481 e. The van der Waals surface area contributed by atoms with Crippen molar-refractivity contribution in [1.82, 2.24) is 0 Å². The first-order chi connectivity index (χ1) is 9.66. The molecule has 3 atom stereocenters. The third-order valence-electron chi connectivity index (χ3n) is 3.96. The molecule has 3 unspecified atom stereocenters. The molecule has 118 valence electrons. The van der Waals surface area contributed by atoms with E-state index in [0.717, 1.165) is 0 Å². The lowest BCUT2D eigenvalue weighted by Gasteiger charge is -2.37. The van der Waals surface area contributed by atoms with Crippen molar-refractivity contribution >= 4 is 35.9 Å². The average Bonchev–Trinajstić information content (AvgIpc) is 2.91. The lowest BCUT2D eigenvalue weighted by molar-refractivity contribution is -0.144. The fraction of sp³-hybridized carbons (Fsp3) is 0.538. The van der Waals surface area contributed by atoms with E-state index < -0.39 is 30.4 Å². The highest BCUT2D eigenvalue weighted by Gasteiger charge is 2.51. The molecule has 0 fully saturated rings. The molecule has 0 radical (unpaired) electrons. The number of aliphatic carboxylic acids is 2. The van der Waals surface area contributed by atoms with Crippen molar-refractivity contribution in [2.75, 3.05) is 0 Å². The molecule has 0 amide bonds. The summed E-state index contributed by atoms with van der Waals surface area (Å²) in [6.07, 6.45) is -0.368. The highest BCUT2D eigenvalue weighted by molar-refractivity contribution is 7.68. The van der Waals surface area contributed by atoms with Crippen molar-refractivity contribution in [2.45, 2.75) is 38.3 Å². The lowest BCUT2D eigenvalue weighted by atomic mass is 9.87. The van der Waals surface area contributed by atoms with Gasteiger partial charge in [-0.25, -0.2) is 0 Å². The van der Waals surface area contributed by atoms with Gasteiger partial charge in [0, 0.05) is 17.1 Å². The number of rotatable bonds is 8.